The van der Waals surface area contributed by atoms with E-state index in [-0.39, 0.29) is 6.09 Å². The van der Waals surface area contributed by atoms with Crippen LogP contribution in [0.25, 0.3) is 0 Å². The number of cyclic esters (lactones) is 1. The maximum Gasteiger partial charge on any atom is 0.409 e. The molecule has 2 saturated heterocycles. The Kier molecular flexibility index (Phi) is 2.88. The van der Waals surface area contributed by atoms with Gasteiger partial charge in [-0.1, -0.05) is 0 Å². The molecule has 0 aromatic rings. The molecule has 2 aliphatic heterocycles. The Morgan fingerprint density at radius 2 is 2.29 bits per heavy atom. The highest BCUT2D eigenvalue weighted by atomic mass is 16.6. The summed E-state index contributed by atoms with van der Waals surface area (Å²) >= 11 is 0. The molecule has 1 amide bonds. The second-order valence-corrected chi connectivity index (χ2v) is 3.95. The third kappa shape index (κ3) is 2.16. The first-order valence-electron chi connectivity index (χ1n) is 5.15. The lowest BCUT2D eigenvalue weighted by Crippen LogP contribution is -2.35. The Balaban J connectivity index is 1.69. The first kappa shape index (κ1) is 9.73. The molecule has 1 atom stereocenters. The second kappa shape index (κ2) is 4.14. The molecule has 0 aliphatic carbocycles. The van der Waals surface area contributed by atoms with E-state index < -0.39 is 0 Å². The average molecular weight is 199 g/mol. The molecule has 5 nitrogen and oxygen atoms in total. The van der Waals surface area contributed by atoms with Gasteiger partial charge in [0, 0.05) is 25.7 Å². The third-order valence-corrected chi connectivity index (χ3v) is 2.84. The minimum absolute atomic E-state index is 0.173. The Bertz CT molecular complexity index is 222. The molecule has 14 heavy (non-hydrogen) atoms. The molecular formula is C9H17N3O2. The molecule has 0 bridgehead atoms. The summed E-state index contributed by atoms with van der Waals surface area (Å²) in [5.41, 5.74) is 5.79. The first-order valence-corrected chi connectivity index (χ1v) is 5.15. The summed E-state index contributed by atoms with van der Waals surface area (Å²) in [5.74, 6) is 0. The Labute approximate surface area is 83.8 Å². The van der Waals surface area contributed by atoms with Gasteiger partial charge in [0.05, 0.1) is 6.54 Å². The molecule has 0 saturated carbocycles. The second-order valence-electron chi connectivity index (χ2n) is 3.95. The zero-order chi connectivity index (χ0) is 9.97. The Morgan fingerprint density at radius 1 is 1.43 bits per heavy atom. The molecule has 2 rings (SSSR count). The molecule has 2 fully saturated rings. The van der Waals surface area contributed by atoms with Gasteiger partial charge in [0.2, 0.25) is 0 Å². The minimum atomic E-state index is -0.173. The number of likely N-dealkylation sites (tertiary alicyclic amines) is 1. The molecule has 0 spiro atoms. The SMILES string of the molecule is N[C@H]1CCN(CCN2CCOC2=O)C1. The number of hydrogen-bond acceptors (Lipinski definition) is 4. The number of rotatable bonds is 3. The van der Waals surface area contributed by atoms with Crippen LogP contribution in [0.4, 0.5) is 4.79 Å². The fourth-order valence-electron chi connectivity index (χ4n) is 1.96. The van der Waals surface area contributed by atoms with E-state index in [1.54, 1.807) is 4.90 Å². The van der Waals surface area contributed by atoms with E-state index in [1.807, 2.05) is 0 Å². The van der Waals surface area contributed by atoms with Crippen molar-refractivity contribution in [2.45, 2.75) is 12.5 Å². The van der Waals surface area contributed by atoms with Crippen LogP contribution < -0.4 is 5.73 Å². The van der Waals surface area contributed by atoms with Crippen molar-refractivity contribution in [2.75, 3.05) is 39.3 Å². The van der Waals surface area contributed by atoms with Crippen molar-refractivity contribution in [3.63, 3.8) is 0 Å². The molecule has 2 N–H and O–H groups in total. The fraction of sp³-hybridized carbons (Fsp3) is 0.889. The number of hydrogen-bond donors (Lipinski definition) is 1. The number of amides is 1. The summed E-state index contributed by atoms with van der Waals surface area (Å²) in [7, 11) is 0. The van der Waals surface area contributed by atoms with E-state index in [1.165, 1.54) is 0 Å². The van der Waals surface area contributed by atoms with Gasteiger partial charge in [0.1, 0.15) is 6.61 Å². The molecule has 5 heteroatoms. The van der Waals surface area contributed by atoms with E-state index in [4.69, 9.17) is 10.5 Å². The maximum atomic E-state index is 11.1. The van der Waals surface area contributed by atoms with Crippen molar-refractivity contribution in [1.82, 2.24) is 9.80 Å². The van der Waals surface area contributed by atoms with E-state index >= 15 is 0 Å². The normalized spacial score (nSPS) is 28.5. The van der Waals surface area contributed by atoms with Gasteiger partial charge >= 0.3 is 6.09 Å². The number of carbonyl (C=O) groups excluding carboxylic acids is 1. The van der Waals surface area contributed by atoms with Crippen molar-refractivity contribution in [3.05, 3.63) is 0 Å². The van der Waals surface area contributed by atoms with Gasteiger partial charge in [-0.2, -0.15) is 0 Å². The molecule has 0 radical (unpaired) electrons. The molecule has 2 heterocycles. The molecular weight excluding hydrogens is 182 g/mol. The standard InChI is InChI=1S/C9H17N3O2/c10-8-1-2-11(7-8)3-4-12-5-6-14-9(12)13/h8H,1-7,10H2/t8-/m0/s1. The fourth-order valence-corrected chi connectivity index (χ4v) is 1.96. The maximum absolute atomic E-state index is 11.1. The van der Waals surface area contributed by atoms with Crippen LogP contribution in [-0.4, -0.2) is 61.3 Å². The van der Waals surface area contributed by atoms with E-state index in [2.05, 4.69) is 4.90 Å². The van der Waals surface area contributed by atoms with E-state index in [0.717, 1.165) is 39.1 Å². The zero-order valence-electron chi connectivity index (χ0n) is 8.32. The monoisotopic (exact) mass is 199 g/mol. The van der Waals surface area contributed by atoms with Crippen molar-refractivity contribution in [1.29, 1.82) is 0 Å². The van der Waals surface area contributed by atoms with Crippen molar-refractivity contribution < 1.29 is 9.53 Å². The summed E-state index contributed by atoms with van der Waals surface area (Å²) in [6.45, 7) is 4.98. The van der Waals surface area contributed by atoms with Crippen LogP contribution in [0, 0.1) is 0 Å². The number of ether oxygens (including phenoxy) is 1. The van der Waals surface area contributed by atoms with Crippen LogP contribution in [0.1, 0.15) is 6.42 Å². The molecule has 0 unspecified atom stereocenters. The lowest BCUT2D eigenvalue weighted by Gasteiger charge is -2.19. The van der Waals surface area contributed by atoms with Crippen LogP contribution in [0.3, 0.4) is 0 Å². The number of nitrogens with two attached hydrogens (primary N) is 1. The van der Waals surface area contributed by atoms with Gasteiger partial charge in [-0.25, -0.2) is 4.79 Å². The van der Waals surface area contributed by atoms with Gasteiger partial charge < -0.3 is 15.4 Å². The summed E-state index contributed by atoms with van der Waals surface area (Å²) in [6.07, 6.45) is 0.901. The quantitative estimate of drug-likeness (QED) is 0.664. The Hall–Kier alpha value is -0.810. The summed E-state index contributed by atoms with van der Waals surface area (Å²) in [5, 5.41) is 0. The minimum Gasteiger partial charge on any atom is -0.448 e. The number of carbonyl (C=O) groups is 1. The largest absolute Gasteiger partial charge is 0.448 e. The Morgan fingerprint density at radius 3 is 2.86 bits per heavy atom. The molecule has 2 aliphatic rings. The highest BCUT2D eigenvalue weighted by Gasteiger charge is 2.24. The van der Waals surface area contributed by atoms with Crippen LogP contribution >= 0.6 is 0 Å². The van der Waals surface area contributed by atoms with Crippen LogP contribution in [-0.2, 0) is 4.74 Å². The van der Waals surface area contributed by atoms with Crippen molar-refractivity contribution >= 4 is 6.09 Å². The van der Waals surface area contributed by atoms with Gasteiger partial charge in [-0.15, -0.1) is 0 Å². The van der Waals surface area contributed by atoms with Crippen molar-refractivity contribution in [2.24, 2.45) is 5.73 Å². The lowest BCUT2D eigenvalue weighted by molar-refractivity contribution is 0.155. The lowest BCUT2D eigenvalue weighted by atomic mass is 10.3. The van der Waals surface area contributed by atoms with Crippen LogP contribution in [0.2, 0.25) is 0 Å². The van der Waals surface area contributed by atoms with Crippen LogP contribution in [0.5, 0.6) is 0 Å². The van der Waals surface area contributed by atoms with Crippen molar-refractivity contribution in [3.8, 4) is 0 Å². The summed E-state index contributed by atoms with van der Waals surface area (Å²) in [6, 6.07) is 0.320. The molecule has 80 valence electrons. The van der Waals surface area contributed by atoms with Gasteiger partial charge in [0.15, 0.2) is 0 Å². The van der Waals surface area contributed by atoms with Gasteiger partial charge in [0.25, 0.3) is 0 Å². The summed E-state index contributed by atoms with van der Waals surface area (Å²) in [4.78, 5) is 15.2. The van der Waals surface area contributed by atoms with Gasteiger partial charge in [-0.3, -0.25) is 4.90 Å². The predicted octanol–water partition coefficient (Wildman–Crippen LogP) is -0.528. The average Bonchev–Trinajstić information content (AvgIpc) is 2.72. The van der Waals surface area contributed by atoms with Gasteiger partial charge in [-0.05, 0) is 13.0 Å². The van der Waals surface area contributed by atoms with E-state index in [9.17, 15) is 4.79 Å². The first-order chi connectivity index (χ1) is 6.75. The molecule has 0 aromatic carbocycles. The third-order valence-electron chi connectivity index (χ3n) is 2.84. The highest BCUT2D eigenvalue weighted by Crippen LogP contribution is 2.08. The predicted molar refractivity (Wildman–Crippen MR) is 52.0 cm³/mol. The topological polar surface area (TPSA) is 58.8 Å². The number of nitrogens with zero attached hydrogens (tertiary/aromatic N) is 2. The summed E-state index contributed by atoms with van der Waals surface area (Å²) < 4.78 is 4.85. The zero-order valence-corrected chi connectivity index (χ0v) is 8.32. The van der Waals surface area contributed by atoms with Crippen LogP contribution in [0.15, 0.2) is 0 Å². The smallest absolute Gasteiger partial charge is 0.409 e. The van der Waals surface area contributed by atoms with E-state index in [0.29, 0.717) is 12.6 Å². The highest BCUT2D eigenvalue weighted by molar-refractivity contribution is 5.69. The molecule has 0 aromatic heterocycles.